The first-order chi connectivity index (χ1) is 25.5. The van der Waals surface area contributed by atoms with E-state index in [0.29, 0.717) is 70.2 Å². The molecule has 14 nitrogen and oxygen atoms in total. The van der Waals surface area contributed by atoms with Gasteiger partial charge in [-0.25, -0.2) is 4.79 Å². The van der Waals surface area contributed by atoms with Gasteiger partial charge >= 0.3 is 11.9 Å². The van der Waals surface area contributed by atoms with Gasteiger partial charge in [-0.05, 0) is 61.1 Å². The van der Waals surface area contributed by atoms with Crippen molar-refractivity contribution < 1.29 is 53.3 Å². The summed E-state index contributed by atoms with van der Waals surface area (Å²) in [6.07, 6.45) is -0.0673. The van der Waals surface area contributed by atoms with Gasteiger partial charge in [0.05, 0.1) is 37.6 Å². The van der Waals surface area contributed by atoms with Crippen LogP contribution in [0, 0.1) is 13.8 Å². The molecule has 0 aliphatic carbocycles. The van der Waals surface area contributed by atoms with E-state index in [1.807, 2.05) is 24.8 Å². The number of nitrogens with one attached hydrogen (secondary N) is 2. The number of hydrogen-bond acceptors (Lipinski definition) is 15. The number of benzene rings is 3. The molecule has 0 aromatic heterocycles. The molecule has 10 rings (SSSR count). The molecule has 3 aromatic rings. The lowest BCUT2D eigenvalue weighted by Crippen LogP contribution is -2.69. The molecule has 7 heterocycles. The van der Waals surface area contributed by atoms with Gasteiger partial charge in [0.2, 0.25) is 6.79 Å². The number of piperazine rings is 1. The van der Waals surface area contributed by atoms with E-state index >= 15 is 0 Å². The van der Waals surface area contributed by atoms with E-state index in [1.54, 1.807) is 12.1 Å². The Morgan fingerprint density at radius 1 is 1.02 bits per heavy atom. The molecule has 3 aromatic carbocycles. The minimum atomic E-state index is -1.36. The van der Waals surface area contributed by atoms with Gasteiger partial charge in [0.1, 0.15) is 18.6 Å². The van der Waals surface area contributed by atoms with E-state index < -0.39 is 53.1 Å². The number of esters is 2. The highest BCUT2D eigenvalue weighted by Gasteiger charge is 2.60. The summed E-state index contributed by atoms with van der Waals surface area (Å²) in [6, 6.07) is 2.99. The molecule has 5 N–H and O–H groups in total. The monoisotopic (exact) mass is 747 g/mol. The van der Waals surface area contributed by atoms with E-state index in [0.717, 1.165) is 16.7 Å². The summed E-state index contributed by atoms with van der Waals surface area (Å²) in [7, 11) is 2.98. The molecule has 0 radical (unpaired) electrons. The Morgan fingerprint density at radius 3 is 2.57 bits per heavy atom. The van der Waals surface area contributed by atoms with Crippen molar-refractivity contribution in [2.24, 2.45) is 0 Å². The van der Waals surface area contributed by atoms with Gasteiger partial charge in [-0.2, -0.15) is 0 Å². The maximum atomic E-state index is 14.6. The molecule has 4 bridgehead atoms. The number of methoxy groups -OCH3 is 2. The van der Waals surface area contributed by atoms with Crippen molar-refractivity contribution in [1.82, 2.24) is 15.5 Å². The van der Waals surface area contributed by atoms with E-state index in [2.05, 4.69) is 10.6 Å². The Morgan fingerprint density at radius 2 is 1.81 bits per heavy atom. The van der Waals surface area contributed by atoms with Crippen LogP contribution in [0.3, 0.4) is 0 Å². The molecule has 7 aliphatic heterocycles. The van der Waals surface area contributed by atoms with Crippen molar-refractivity contribution in [3.8, 4) is 40.2 Å². The third kappa shape index (κ3) is 4.80. The van der Waals surface area contributed by atoms with E-state index in [1.165, 1.54) is 32.9 Å². The molecular weight excluding hydrogens is 706 g/mol. The third-order valence-corrected chi connectivity index (χ3v) is 13.2. The van der Waals surface area contributed by atoms with Gasteiger partial charge in [-0.15, -0.1) is 11.8 Å². The summed E-state index contributed by atoms with van der Waals surface area (Å²) in [5.41, 5.74) is 4.27. The summed E-state index contributed by atoms with van der Waals surface area (Å²) in [5.74, 6) is 0.890. The average molecular weight is 748 g/mol. The molecule has 7 aliphatic rings. The smallest absolute Gasteiger partial charge is 0.331 e. The van der Waals surface area contributed by atoms with Crippen molar-refractivity contribution in [2.75, 3.05) is 39.9 Å². The second kappa shape index (κ2) is 12.3. The summed E-state index contributed by atoms with van der Waals surface area (Å²) < 4.78 is 35.8. The third-order valence-electron chi connectivity index (χ3n) is 11.8. The van der Waals surface area contributed by atoms with Crippen LogP contribution in [0.4, 0.5) is 0 Å². The van der Waals surface area contributed by atoms with Crippen molar-refractivity contribution in [3.05, 3.63) is 62.7 Å². The molecule has 2 fully saturated rings. The molecule has 2 saturated heterocycles. The topological polar surface area (TPSA) is 178 Å². The predicted molar refractivity (Wildman–Crippen MR) is 190 cm³/mol. The van der Waals surface area contributed by atoms with Crippen LogP contribution in [0.25, 0.3) is 0 Å². The number of phenolic OH excluding ortho intramolecular Hbond substituents is 2. The largest absolute Gasteiger partial charge is 0.504 e. The number of aryl methyl sites for hydroxylation is 1. The average Bonchev–Trinajstić information content (AvgIpc) is 3.63. The van der Waals surface area contributed by atoms with Gasteiger partial charge in [0.25, 0.3) is 0 Å². The summed E-state index contributed by atoms with van der Waals surface area (Å²) >= 11 is 1.45. The number of carbonyl (C=O) groups excluding carboxylic acids is 2. The van der Waals surface area contributed by atoms with Crippen LogP contribution in [0.5, 0.6) is 40.2 Å². The van der Waals surface area contributed by atoms with Gasteiger partial charge in [-0.3, -0.25) is 15.0 Å². The number of aliphatic hydroxyl groups is 1. The number of phenols is 2. The number of hydrogen-bond donors (Lipinski definition) is 5. The van der Waals surface area contributed by atoms with E-state index in [-0.39, 0.29) is 36.4 Å². The molecule has 0 saturated carbocycles. The molecular formula is C38H41N3O11S. The first-order valence-corrected chi connectivity index (χ1v) is 18.7. The molecule has 7 atom stereocenters. The Bertz CT molecular complexity index is 2090. The quantitative estimate of drug-likeness (QED) is 0.195. The SMILES string of the molecule is COc1cc2c(cc1O)CCN[C@]21CS[C@@H]2c3c(OC(C)=O)c(C)c4c(c3[C@@H](COC1=O)N1C2[C@@H]2N[C@H](Cc3cc(C)c(OC)c(O)c32)[C@@H]1O)OCO4. The number of thioether (sulfide) groups is 1. The minimum Gasteiger partial charge on any atom is -0.504 e. The Hall–Kier alpha value is -4.41. The van der Waals surface area contributed by atoms with Crippen LogP contribution in [0.2, 0.25) is 0 Å². The zero-order valence-electron chi connectivity index (χ0n) is 29.9. The number of aromatic hydroxyl groups is 2. The van der Waals surface area contributed by atoms with Gasteiger partial charge in [-0.1, -0.05) is 6.07 Å². The first kappa shape index (κ1) is 34.4. The highest BCUT2D eigenvalue weighted by Crippen LogP contribution is 2.63. The standard InChI is InChI=1S/C38H41N3O11S/c1-15-8-19-9-21-36(45)41-22-12-49-37(46)38(20-11-24(47-4)23(43)10-18(20)6-7-39-38)13-53-35(29(41)28(40-21)25(19)30(44)31(15)48-5)27-26(22)34-33(50-14-51-34)16(2)32(27)52-17(3)42/h8,10-11,21-22,28-29,35-36,39-40,43-45H,6-7,9,12-14H2,1-5H3/t21-,22-,28-,29?,35-,36+,38-/m1/s1. The van der Waals surface area contributed by atoms with Crippen molar-refractivity contribution in [3.63, 3.8) is 0 Å². The van der Waals surface area contributed by atoms with Gasteiger partial charge < -0.3 is 49.1 Å². The number of nitrogens with zero attached hydrogens (tertiary/aromatic N) is 1. The highest BCUT2D eigenvalue weighted by atomic mass is 32.2. The number of rotatable bonds is 3. The second-order valence-corrected chi connectivity index (χ2v) is 15.6. The second-order valence-electron chi connectivity index (χ2n) is 14.5. The van der Waals surface area contributed by atoms with Crippen LogP contribution in [0.15, 0.2) is 18.2 Å². The zero-order chi connectivity index (χ0) is 37.1. The van der Waals surface area contributed by atoms with Gasteiger partial charge in [0, 0.05) is 47.5 Å². The minimum absolute atomic E-state index is 0.0210. The molecule has 0 amide bonds. The van der Waals surface area contributed by atoms with Crippen molar-refractivity contribution >= 4 is 23.7 Å². The highest BCUT2D eigenvalue weighted by molar-refractivity contribution is 7.99. The fourth-order valence-corrected chi connectivity index (χ4v) is 11.3. The Kier molecular flexibility index (Phi) is 7.98. The number of ether oxygens (including phenoxy) is 6. The lowest BCUT2D eigenvalue weighted by molar-refractivity contribution is -0.164. The Balaban J connectivity index is 1.31. The fraction of sp³-hybridized carbons (Fsp3) is 0.474. The first-order valence-electron chi connectivity index (χ1n) is 17.7. The Labute approximate surface area is 309 Å². The normalized spacial score (nSPS) is 29.4. The fourth-order valence-electron chi connectivity index (χ4n) is 9.60. The lowest BCUT2D eigenvalue weighted by atomic mass is 9.74. The number of fused-ring (bicyclic) bond motifs is 9. The summed E-state index contributed by atoms with van der Waals surface area (Å²) in [5, 5.41) is 41.5. The van der Waals surface area contributed by atoms with Crippen molar-refractivity contribution in [1.29, 1.82) is 0 Å². The predicted octanol–water partition coefficient (Wildman–Crippen LogP) is 3.07. The maximum Gasteiger partial charge on any atom is 0.331 e. The lowest BCUT2D eigenvalue weighted by Gasteiger charge is -2.59. The van der Waals surface area contributed by atoms with Crippen LogP contribution >= 0.6 is 11.8 Å². The van der Waals surface area contributed by atoms with Gasteiger partial charge in [0.15, 0.2) is 40.0 Å². The molecule has 53 heavy (non-hydrogen) atoms. The molecule has 15 heteroatoms. The van der Waals surface area contributed by atoms with Crippen LogP contribution in [-0.2, 0) is 32.7 Å². The molecule has 280 valence electrons. The summed E-state index contributed by atoms with van der Waals surface area (Å²) in [6.45, 7) is 5.23. The number of carbonyl (C=O) groups is 2. The van der Waals surface area contributed by atoms with Crippen LogP contribution in [-0.4, -0.2) is 90.4 Å². The van der Waals surface area contributed by atoms with Crippen LogP contribution < -0.4 is 34.3 Å². The zero-order valence-corrected chi connectivity index (χ0v) is 30.7. The molecule has 1 spiro atoms. The van der Waals surface area contributed by atoms with E-state index in [4.69, 9.17) is 28.4 Å². The number of aliphatic hydroxyl groups excluding tert-OH is 1. The van der Waals surface area contributed by atoms with Crippen LogP contribution in [0.1, 0.15) is 68.8 Å². The summed E-state index contributed by atoms with van der Waals surface area (Å²) in [4.78, 5) is 29.4. The maximum absolute atomic E-state index is 14.6. The van der Waals surface area contributed by atoms with E-state index in [9.17, 15) is 24.9 Å². The molecule has 1 unspecified atom stereocenters. The van der Waals surface area contributed by atoms with Crippen molar-refractivity contribution in [2.45, 2.75) is 74.8 Å².